The fraction of sp³-hybridized carbons (Fsp3) is 0.368. The number of ether oxygens (including phenoxy) is 1. The Balaban J connectivity index is 1.43. The summed E-state index contributed by atoms with van der Waals surface area (Å²) in [6, 6.07) is 14.1. The Morgan fingerprint density at radius 3 is 3.00 bits per heavy atom. The maximum absolute atomic E-state index is 5.50. The minimum atomic E-state index is 0.835. The number of para-hydroxylation sites is 2. The highest BCUT2D eigenvalue weighted by atomic mass is 16.5. The van der Waals surface area contributed by atoms with Crippen LogP contribution in [0.15, 0.2) is 48.8 Å². The van der Waals surface area contributed by atoms with Gasteiger partial charge in [-0.3, -0.25) is 9.47 Å². The van der Waals surface area contributed by atoms with Gasteiger partial charge in [0.2, 0.25) is 0 Å². The number of benzene rings is 1. The second-order valence-corrected chi connectivity index (χ2v) is 6.22. The first-order valence-corrected chi connectivity index (χ1v) is 8.84. The average Bonchev–Trinajstić information content (AvgIpc) is 2.91. The van der Waals surface area contributed by atoms with E-state index in [9.17, 15) is 0 Å². The van der Waals surface area contributed by atoms with E-state index in [4.69, 9.17) is 9.72 Å². The molecule has 3 heterocycles. The van der Waals surface area contributed by atoms with Gasteiger partial charge in [0.25, 0.3) is 0 Å². The minimum absolute atomic E-state index is 0.835. The van der Waals surface area contributed by atoms with Crippen LogP contribution >= 0.6 is 0 Å². The zero-order chi connectivity index (χ0) is 16.9. The van der Waals surface area contributed by atoms with Crippen LogP contribution in [0.3, 0.4) is 0 Å². The minimum Gasteiger partial charge on any atom is -0.380 e. The van der Waals surface area contributed by atoms with Gasteiger partial charge in [0.15, 0.2) is 0 Å². The molecule has 130 valence electrons. The lowest BCUT2D eigenvalue weighted by Crippen LogP contribution is -2.31. The smallest absolute Gasteiger partial charge is 0.140 e. The Morgan fingerprint density at radius 2 is 2.00 bits per heavy atom. The molecule has 1 aliphatic heterocycles. The van der Waals surface area contributed by atoms with Crippen molar-refractivity contribution in [2.24, 2.45) is 0 Å². The van der Waals surface area contributed by atoms with Crippen LogP contribution in [-0.2, 0) is 4.74 Å². The van der Waals surface area contributed by atoms with Gasteiger partial charge in [-0.2, -0.15) is 0 Å². The summed E-state index contributed by atoms with van der Waals surface area (Å²) in [5.41, 5.74) is 2.04. The molecule has 0 aliphatic carbocycles. The third-order valence-electron chi connectivity index (χ3n) is 4.48. The first kappa shape index (κ1) is 16.1. The van der Waals surface area contributed by atoms with Crippen LogP contribution in [0.4, 0.5) is 5.82 Å². The van der Waals surface area contributed by atoms with E-state index in [1.807, 2.05) is 47.3 Å². The van der Waals surface area contributed by atoms with Crippen molar-refractivity contribution in [1.29, 1.82) is 0 Å². The normalized spacial score (nSPS) is 16.0. The molecular formula is C19H23N5O. The van der Waals surface area contributed by atoms with Gasteiger partial charge < -0.3 is 10.1 Å². The SMILES string of the molecule is c1cc(NCCN2CCCOCC2)nc(-n2cnc3ccccc32)c1. The van der Waals surface area contributed by atoms with Crippen molar-refractivity contribution in [3.8, 4) is 5.82 Å². The molecule has 0 unspecified atom stereocenters. The molecule has 0 amide bonds. The van der Waals surface area contributed by atoms with Crippen molar-refractivity contribution in [1.82, 2.24) is 19.4 Å². The van der Waals surface area contributed by atoms with Gasteiger partial charge in [0.1, 0.15) is 18.0 Å². The number of nitrogens with zero attached hydrogens (tertiary/aromatic N) is 4. The number of aromatic nitrogens is 3. The summed E-state index contributed by atoms with van der Waals surface area (Å²) in [5, 5.41) is 3.44. The standard InChI is InChI=1S/C19H23N5O/c1-2-6-17-16(5-1)21-15-24(17)19-8-3-7-18(22-19)20-9-11-23-10-4-13-25-14-12-23/h1-3,5-8,15H,4,9-14H2,(H,20,22). The van der Waals surface area contributed by atoms with E-state index in [1.54, 1.807) is 0 Å². The van der Waals surface area contributed by atoms with E-state index in [1.165, 1.54) is 0 Å². The fourth-order valence-corrected chi connectivity index (χ4v) is 3.16. The lowest BCUT2D eigenvalue weighted by atomic mass is 10.3. The number of hydrogen-bond acceptors (Lipinski definition) is 5. The molecule has 4 rings (SSSR count). The lowest BCUT2D eigenvalue weighted by Gasteiger charge is -2.19. The molecular weight excluding hydrogens is 314 g/mol. The van der Waals surface area contributed by atoms with E-state index in [0.717, 1.165) is 68.5 Å². The maximum Gasteiger partial charge on any atom is 0.140 e. The van der Waals surface area contributed by atoms with Crippen LogP contribution in [0.1, 0.15) is 6.42 Å². The molecule has 25 heavy (non-hydrogen) atoms. The van der Waals surface area contributed by atoms with Gasteiger partial charge in [-0.25, -0.2) is 9.97 Å². The monoisotopic (exact) mass is 337 g/mol. The highest BCUT2D eigenvalue weighted by Gasteiger charge is 2.09. The third kappa shape index (κ3) is 3.81. The predicted octanol–water partition coefficient (Wildman–Crippen LogP) is 2.55. The van der Waals surface area contributed by atoms with Gasteiger partial charge in [-0.05, 0) is 30.7 Å². The molecule has 0 spiro atoms. The maximum atomic E-state index is 5.50. The Morgan fingerprint density at radius 1 is 1.04 bits per heavy atom. The first-order valence-electron chi connectivity index (χ1n) is 8.84. The van der Waals surface area contributed by atoms with Crippen molar-refractivity contribution >= 4 is 16.9 Å². The summed E-state index contributed by atoms with van der Waals surface area (Å²) < 4.78 is 7.52. The third-order valence-corrected chi connectivity index (χ3v) is 4.48. The van der Waals surface area contributed by atoms with E-state index < -0.39 is 0 Å². The molecule has 6 heteroatoms. The van der Waals surface area contributed by atoms with Gasteiger partial charge in [-0.15, -0.1) is 0 Å². The molecule has 2 aromatic heterocycles. The summed E-state index contributed by atoms with van der Waals surface area (Å²) in [5.74, 6) is 1.77. The van der Waals surface area contributed by atoms with E-state index in [-0.39, 0.29) is 0 Å². The van der Waals surface area contributed by atoms with Crippen LogP contribution < -0.4 is 5.32 Å². The molecule has 3 aromatic rings. The molecule has 1 N–H and O–H groups in total. The van der Waals surface area contributed by atoms with Gasteiger partial charge >= 0.3 is 0 Å². The van der Waals surface area contributed by atoms with Gasteiger partial charge in [0.05, 0.1) is 17.6 Å². The summed E-state index contributed by atoms with van der Waals surface area (Å²) in [6.45, 7) is 5.71. The number of rotatable bonds is 5. The highest BCUT2D eigenvalue weighted by Crippen LogP contribution is 2.17. The lowest BCUT2D eigenvalue weighted by molar-refractivity contribution is 0.142. The predicted molar refractivity (Wildman–Crippen MR) is 99.2 cm³/mol. The Hall–Kier alpha value is -2.44. The summed E-state index contributed by atoms with van der Waals surface area (Å²) >= 11 is 0. The van der Waals surface area contributed by atoms with Crippen LogP contribution in [0, 0.1) is 0 Å². The number of hydrogen-bond donors (Lipinski definition) is 1. The zero-order valence-electron chi connectivity index (χ0n) is 14.3. The number of imidazole rings is 1. The van der Waals surface area contributed by atoms with E-state index in [0.29, 0.717) is 0 Å². The molecule has 0 bridgehead atoms. The quantitative estimate of drug-likeness (QED) is 0.775. The number of pyridine rings is 1. The summed E-state index contributed by atoms with van der Waals surface area (Å²) in [6.07, 6.45) is 2.94. The van der Waals surface area contributed by atoms with Crippen LogP contribution in [0.5, 0.6) is 0 Å². The Kier molecular flexibility index (Phi) is 4.90. The molecule has 0 atom stereocenters. The van der Waals surface area contributed by atoms with Gasteiger partial charge in [-0.1, -0.05) is 18.2 Å². The molecule has 1 aromatic carbocycles. The van der Waals surface area contributed by atoms with Crippen LogP contribution in [0.25, 0.3) is 16.9 Å². The molecule has 6 nitrogen and oxygen atoms in total. The summed E-state index contributed by atoms with van der Waals surface area (Å²) in [7, 11) is 0. The van der Waals surface area contributed by atoms with Gasteiger partial charge in [0, 0.05) is 32.8 Å². The van der Waals surface area contributed by atoms with Crippen LogP contribution in [0.2, 0.25) is 0 Å². The molecule has 0 saturated carbocycles. The van der Waals surface area contributed by atoms with Crippen molar-refractivity contribution in [2.45, 2.75) is 6.42 Å². The van der Waals surface area contributed by atoms with Crippen molar-refractivity contribution < 1.29 is 4.74 Å². The summed E-state index contributed by atoms with van der Waals surface area (Å²) in [4.78, 5) is 11.6. The van der Waals surface area contributed by atoms with Crippen molar-refractivity contribution in [3.63, 3.8) is 0 Å². The zero-order valence-corrected chi connectivity index (χ0v) is 14.3. The van der Waals surface area contributed by atoms with E-state index >= 15 is 0 Å². The largest absolute Gasteiger partial charge is 0.380 e. The number of nitrogens with one attached hydrogen (secondary N) is 1. The molecule has 0 radical (unpaired) electrons. The Bertz CT molecular complexity index is 823. The van der Waals surface area contributed by atoms with Crippen LogP contribution in [-0.4, -0.2) is 58.8 Å². The first-order chi connectivity index (χ1) is 12.4. The molecule has 1 saturated heterocycles. The molecule has 1 fully saturated rings. The fourth-order valence-electron chi connectivity index (χ4n) is 3.16. The number of fused-ring (bicyclic) bond motifs is 1. The second-order valence-electron chi connectivity index (χ2n) is 6.22. The Labute approximate surface area is 147 Å². The average molecular weight is 337 g/mol. The molecule has 1 aliphatic rings. The second kappa shape index (κ2) is 7.63. The van der Waals surface area contributed by atoms with Crippen molar-refractivity contribution in [3.05, 3.63) is 48.8 Å². The van der Waals surface area contributed by atoms with E-state index in [2.05, 4.69) is 21.3 Å². The number of anilines is 1. The topological polar surface area (TPSA) is 55.2 Å². The van der Waals surface area contributed by atoms with Crippen molar-refractivity contribution in [2.75, 3.05) is 44.7 Å². The highest BCUT2D eigenvalue weighted by molar-refractivity contribution is 5.76.